The van der Waals surface area contributed by atoms with Crippen LogP contribution in [-0.2, 0) is 18.8 Å². The number of ether oxygens (including phenoxy) is 1. The number of methoxy groups -OCH3 is 1. The van der Waals surface area contributed by atoms with E-state index in [4.69, 9.17) is 4.74 Å². The van der Waals surface area contributed by atoms with E-state index in [-0.39, 0.29) is 13.2 Å². The number of nitrogens with zero attached hydrogens (tertiary/aromatic N) is 9. The van der Waals surface area contributed by atoms with Crippen LogP contribution in [0, 0.1) is 0 Å². The number of aromatic nitrogens is 3. The Labute approximate surface area is 217 Å². The van der Waals surface area contributed by atoms with E-state index < -0.39 is 5.54 Å². The maximum absolute atomic E-state index is 9.63. The van der Waals surface area contributed by atoms with Gasteiger partial charge < -0.3 is 24.7 Å². The number of azo groups is 2. The molecule has 1 aromatic heterocycles. The first-order valence-corrected chi connectivity index (χ1v) is 11.8. The third kappa shape index (κ3) is 6.73. The van der Waals surface area contributed by atoms with Gasteiger partial charge in [-0.1, -0.05) is 0 Å². The number of aliphatic hydroxyl groups excluding tert-OH is 2. The third-order valence-corrected chi connectivity index (χ3v) is 6.29. The molecule has 0 unspecified atom stereocenters. The summed E-state index contributed by atoms with van der Waals surface area (Å²) >= 11 is 0. The van der Waals surface area contributed by atoms with Gasteiger partial charge in [0.15, 0.2) is 0 Å². The number of aryl methyl sites for hydroxylation is 1. The molecule has 0 bridgehead atoms. The highest BCUT2D eigenvalue weighted by Gasteiger charge is 2.28. The van der Waals surface area contributed by atoms with Crippen LogP contribution in [0.2, 0.25) is 0 Å². The van der Waals surface area contributed by atoms with Crippen LogP contribution in [0.1, 0.15) is 6.92 Å². The zero-order chi connectivity index (χ0) is 27.0. The SMILES string of the molecule is COCCN(C)c1ccc(N=Nc2nn(C)c(N=Nc3ccc(N(C)C(C)(CO)CO)cc3)[n+]2C)cc1. The van der Waals surface area contributed by atoms with Gasteiger partial charge in [-0.2, -0.15) is 0 Å². The number of aliphatic hydroxyl groups is 2. The third-order valence-electron chi connectivity index (χ3n) is 6.29. The molecule has 12 nitrogen and oxygen atoms in total. The second-order valence-electron chi connectivity index (χ2n) is 9.00. The van der Waals surface area contributed by atoms with Crippen molar-refractivity contribution in [3.8, 4) is 0 Å². The summed E-state index contributed by atoms with van der Waals surface area (Å²) in [7, 11) is 9.08. The number of benzene rings is 2. The summed E-state index contributed by atoms with van der Waals surface area (Å²) in [4.78, 5) is 3.94. The Balaban J connectivity index is 1.70. The Morgan fingerprint density at radius 3 is 2.00 bits per heavy atom. The molecule has 0 radical (unpaired) electrons. The average Bonchev–Trinajstić information content (AvgIpc) is 3.20. The Hall–Kier alpha value is -3.74. The van der Waals surface area contributed by atoms with Gasteiger partial charge in [-0.25, -0.2) is 4.57 Å². The molecule has 0 atom stereocenters. The molecule has 2 aromatic carbocycles. The zero-order valence-electron chi connectivity index (χ0n) is 22.3. The van der Waals surface area contributed by atoms with Crippen molar-refractivity contribution in [3.05, 3.63) is 48.5 Å². The summed E-state index contributed by atoms with van der Waals surface area (Å²) in [5.41, 5.74) is 2.50. The van der Waals surface area contributed by atoms with E-state index in [1.54, 1.807) is 37.4 Å². The lowest BCUT2D eigenvalue weighted by Crippen LogP contribution is -2.50. The lowest BCUT2D eigenvalue weighted by atomic mass is 10.0. The van der Waals surface area contributed by atoms with Gasteiger partial charge in [0.05, 0.1) is 43.8 Å². The fourth-order valence-electron chi connectivity index (χ4n) is 3.42. The minimum absolute atomic E-state index is 0.171. The molecule has 0 amide bonds. The van der Waals surface area contributed by atoms with E-state index in [1.807, 2.05) is 67.5 Å². The van der Waals surface area contributed by atoms with Crippen molar-refractivity contribution in [1.82, 2.24) is 9.78 Å². The maximum Gasteiger partial charge on any atom is 0.404 e. The molecule has 3 aromatic rings. The molecule has 0 fully saturated rings. The summed E-state index contributed by atoms with van der Waals surface area (Å²) in [6.07, 6.45) is 0. The quantitative estimate of drug-likeness (QED) is 0.284. The highest BCUT2D eigenvalue weighted by molar-refractivity contribution is 5.54. The first-order chi connectivity index (χ1) is 17.7. The lowest BCUT2D eigenvalue weighted by molar-refractivity contribution is -0.646. The second kappa shape index (κ2) is 12.5. The van der Waals surface area contributed by atoms with Crippen LogP contribution >= 0.6 is 0 Å². The highest BCUT2D eigenvalue weighted by Crippen LogP contribution is 2.26. The van der Waals surface area contributed by atoms with Crippen molar-refractivity contribution in [1.29, 1.82) is 0 Å². The van der Waals surface area contributed by atoms with Crippen molar-refractivity contribution in [2.24, 2.45) is 34.6 Å². The standard InChI is InChI=1S/C25H36N9O3/c1-25(17-35,18-36)33(4)22-13-9-20(10-14-22)27-29-24-32(3)23(30-34(24)5)28-26-19-7-11-21(12-8-19)31(2)15-16-37-6/h7-14,35-36H,15-18H2,1-6H3/q+1. The van der Waals surface area contributed by atoms with Crippen molar-refractivity contribution >= 4 is 34.6 Å². The predicted molar refractivity (Wildman–Crippen MR) is 142 cm³/mol. The Morgan fingerprint density at radius 1 is 0.919 bits per heavy atom. The van der Waals surface area contributed by atoms with Gasteiger partial charge in [0.25, 0.3) is 0 Å². The number of hydrogen-bond acceptors (Lipinski definition) is 10. The largest absolute Gasteiger partial charge is 0.404 e. The van der Waals surface area contributed by atoms with Gasteiger partial charge in [0, 0.05) is 51.3 Å². The minimum atomic E-state index is -0.765. The van der Waals surface area contributed by atoms with E-state index in [2.05, 4.69) is 30.5 Å². The molecule has 37 heavy (non-hydrogen) atoms. The Kier molecular flexibility index (Phi) is 9.39. The summed E-state index contributed by atoms with van der Waals surface area (Å²) in [5, 5.41) is 40.9. The molecule has 3 rings (SSSR count). The van der Waals surface area contributed by atoms with Crippen molar-refractivity contribution in [3.63, 3.8) is 0 Å². The highest BCUT2D eigenvalue weighted by atomic mass is 16.5. The van der Waals surface area contributed by atoms with Gasteiger partial charge in [0.2, 0.25) is 0 Å². The summed E-state index contributed by atoms with van der Waals surface area (Å²) in [5.74, 6) is 0.889. The molecular weight excluding hydrogens is 474 g/mol. The van der Waals surface area contributed by atoms with E-state index in [1.165, 1.54) is 0 Å². The predicted octanol–water partition coefficient (Wildman–Crippen LogP) is 3.34. The van der Waals surface area contributed by atoms with Crippen LogP contribution in [-0.4, -0.2) is 73.1 Å². The van der Waals surface area contributed by atoms with Crippen LogP contribution in [0.4, 0.5) is 34.6 Å². The zero-order valence-corrected chi connectivity index (χ0v) is 22.3. The van der Waals surface area contributed by atoms with Crippen LogP contribution < -0.4 is 14.4 Å². The Bertz CT molecular complexity index is 1200. The van der Waals surface area contributed by atoms with Gasteiger partial charge in [-0.3, -0.25) is 0 Å². The van der Waals surface area contributed by atoms with E-state index >= 15 is 0 Å². The number of likely N-dealkylation sites (N-methyl/N-ethyl adjacent to an activating group) is 2. The van der Waals surface area contributed by atoms with E-state index in [9.17, 15) is 10.2 Å². The molecule has 2 N–H and O–H groups in total. The fourth-order valence-corrected chi connectivity index (χ4v) is 3.42. The number of rotatable bonds is 12. The Morgan fingerprint density at radius 2 is 1.46 bits per heavy atom. The summed E-state index contributed by atoms with van der Waals surface area (Å²) in [6, 6.07) is 15.1. The van der Waals surface area contributed by atoms with Crippen LogP contribution in [0.25, 0.3) is 0 Å². The molecular formula is C25H36N9O3+. The van der Waals surface area contributed by atoms with Crippen LogP contribution in [0.5, 0.6) is 0 Å². The number of anilines is 2. The van der Waals surface area contributed by atoms with Crippen molar-refractivity contribution in [2.75, 3.05) is 57.4 Å². The van der Waals surface area contributed by atoms with Crippen LogP contribution in [0.15, 0.2) is 69.0 Å². The fraction of sp³-hybridized carbons (Fsp3) is 0.440. The summed E-state index contributed by atoms with van der Waals surface area (Å²) < 4.78 is 8.41. The van der Waals surface area contributed by atoms with Gasteiger partial charge >= 0.3 is 11.9 Å². The molecule has 0 aliphatic rings. The lowest BCUT2D eigenvalue weighted by Gasteiger charge is -2.37. The van der Waals surface area contributed by atoms with Gasteiger partial charge in [-0.15, -0.1) is 14.9 Å². The molecule has 0 spiro atoms. The first-order valence-electron chi connectivity index (χ1n) is 11.8. The molecule has 0 saturated heterocycles. The monoisotopic (exact) mass is 510 g/mol. The van der Waals surface area contributed by atoms with E-state index in [0.717, 1.165) is 17.9 Å². The molecule has 198 valence electrons. The topological polar surface area (TPSA) is 127 Å². The first kappa shape index (κ1) is 27.8. The molecule has 0 aliphatic carbocycles. The summed E-state index contributed by atoms with van der Waals surface area (Å²) in [6.45, 7) is 2.90. The molecule has 12 heteroatoms. The number of hydrogen-bond donors (Lipinski definition) is 2. The molecule has 1 heterocycles. The van der Waals surface area contributed by atoms with Gasteiger partial charge in [-0.05, 0) is 65.7 Å². The molecule has 0 saturated carbocycles. The van der Waals surface area contributed by atoms with E-state index in [0.29, 0.717) is 29.9 Å². The van der Waals surface area contributed by atoms with Crippen molar-refractivity contribution < 1.29 is 19.5 Å². The van der Waals surface area contributed by atoms with Gasteiger partial charge in [0.1, 0.15) is 0 Å². The van der Waals surface area contributed by atoms with Crippen molar-refractivity contribution in [2.45, 2.75) is 12.5 Å². The maximum atomic E-state index is 9.63. The molecule has 0 aliphatic heterocycles. The minimum Gasteiger partial charge on any atom is -0.394 e. The second-order valence-corrected chi connectivity index (χ2v) is 9.00. The smallest absolute Gasteiger partial charge is 0.394 e. The average molecular weight is 511 g/mol. The van der Waals surface area contributed by atoms with Crippen LogP contribution in [0.3, 0.4) is 0 Å². The normalized spacial score (nSPS) is 12.1.